The molecule has 1 rings (SSSR count). The Morgan fingerprint density at radius 1 is 1.19 bits per heavy atom. The van der Waals surface area contributed by atoms with Crippen LogP contribution in [0.4, 0.5) is 0 Å². The second-order valence-electron chi connectivity index (χ2n) is 5.23. The van der Waals surface area contributed by atoms with Crippen LogP contribution in [0, 0.1) is 0 Å². The summed E-state index contributed by atoms with van der Waals surface area (Å²) in [5.41, 5.74) is 1.23. The molecule has 3 nitrogen and oxygen atoms in total. The zero-order valence-corrected chi connectivity index (χ0v) is 15.2. The molecule has 0 radical (unpaired) electrons. The lowest BCUT2D eigenvalue weighted by Gasteiger charge is -2.31. The average Bonchev–Trinajstić information content (AvgIpc) is 2.48. The van der Waals surface area contributed by atoms with Gasteiger partial charge in [0.25, 0.3) is 0 Å². The largest absolute Gasteiger partial charge is 0.342 e. The highest BCUT2D eigenvalue weighted by Gasteiger charge is 2.21. The Hall–Kier alpha value is -0.870. The van der Waals surface area contributed by atoms with Gasteiger partial charge in [-0.1, -0.05) is 41.1 Å². The molecule has 1 amide bonds. The highest BCUT2D eigenvalue weighted by Crippen LogP contribution is 2.27. The number of hydrogen-bond donors (Lipinski definition) is 0. The van der Waals surface area contributed by atoms with Crippen molar-refractivity contribution in [1.29, 1.82) is 0 Å². The molecule has 0 aliphatic heterocycles. The molecule has 0 saturated carbocycles. The van der Waals surface area contributed by atoms with Crippen LogP contribution in [0.5, 0.6) is 0 Å². The van der Waals surface area contributed by atoms with Crippen molar-refractivity contribution in [2.75, 3.05) is 26.2 Å². The number of amides is 1. The lowest BCUT2D eigenvalue weighted by atomic mass is 10.1. The molecular weight excluding hydrogens is 328 g/mol. The summed E-state index contributed by atoms with van der Waals surface area (Å²) in [6.07, 6.45) is 1.04. The third-order valence-electron chi connectivity index (χ3n) is 3.87. The highest BCUT2D eigenvalue weighted by atomic mass is 79.9. The minimum absolute atomic E-state index is 0.215. The van der Waals surface area contributed by atoms with Crippen molar-refractivity contribution in [3.8, 4) is 0 Å². The number of benzene rings is 1. The standard InChI is InChI=1S/C17H27BrN2O/c1-5-12-20(13-17(21)19(6-2)7-3)14(4)15-10-8-9-11-16(15)18/h8-11,14H,5-7,12-13H2,1-4H3. The van der Waals surface area contributed by atoms with E-state index in [1.807, 2.05) is 30.9 Å². The van der Waals surface area contributed by atoms with Crippen LogP contribution in [-0.4, -0.2) is 41.9 Å². The first-order valence-electron chi connectivity index (χ1n) is 7.81. The average molecular weight is 355 g/mol. The van der Waals surface area contributed by atoms with Gasteiger partial charge in [0, 0.05) is 23.6 Å². The number of carbonyl (C=O) groups excluding carboxylic acids is 1. The van der Waals surface area contributed by atoms with Crippen molar-refractivity contribution in [3.63, 3.8) is 0 Å². The molecule has 0 heterocycles. The maximum Gasteiger partial charge on any atom is 0.236 e. The number of hydrogen-bond acceptors (Lipinski definition) is 2. The fourth-order valence-corrected chi connectivity index (χ4v) is 3.17. The van der Waals surface area contributed by atoms with E-state index < -0.39 is 0 Å². The predicted molar refractivity (Wildman–Crippen MR) is 92.3 cm³/mol. The monoisotopic (exact) mass is 354 g/mol. The van der Waals surface area contributed by atoms with Gasteiger partial charge in [0.05, 0.1) is 6.54 Å². The first-order chi connectivity index (χ1) is 10.0. The number of rotatable bonds is 8. The van der Waals surface area contributed by atoms with Gasteiger partial charge in [0.1, 0.15) is 0 Å². The molecule has 1 unspecified atom stereocenters. The van der Waals surface area contributed by atoms with Crippen molar-refractivity contribution in [2.45, 2.75) is 40.2 Å². The fourth-order valence-electron chi connectivity index (χ4n) is 2.56. The summed E-state index contributed by atoms with van der Waals surface area (Å²) < 4.78 is 1.11. The van der Waals surface area contributed by atoms with Crippen molar-refractivity contribution in [1.82, 2.24) is 9.80 Å². The molecule has 0 aliphatic rings. The van der Waals surface area contributed by atoms with Gasteiger partial charge in [-0.3, -0.25) is 9.69 Å². The van der Waals surface area contributed by atoms with Crippen molar-refractivity contribution < 1.29 is 4.79 Å². The van der Waals surface area contributed by atoms with E-state index in [4.69, 9.17) is 0 Å². The maximum absolute atomic E-state index is 12.4. The number of carbonyl (C=O) groups is 1. The predicted octanol–water partition coefficient (Wildman–Crippen LogP) is 4.09. The Bertz CT molecular complexity index is 446. The van der Waals surface area contributed by atoms with Crippen LogP contribution < -0.4 is 0 Å². The van der Waals surface area contributed by atoms with Gasteiger partial charge in [0.15, 0.2) is 0 Å². The smallest absolute Gasteiger partial charge is 0.236 e. The van der Waals surface area contributed by atoms with Crippen LogP contribution in [0.2, 0.25) is 0 Å². The normalized spacial score (nSPS) is 12.5. The van der Waals surface area contributed by atoms with Crippen LogP contribution in [-0.2, 0) is 4.79 Å². The molecular formula is C17H27BrN2O. The van der Waals surface area contributed by atoms with E-state index >= 15 is 0 Å². The minimum Gasteiger partial charge on any atom is -0.342 e. The molecule has 21 heavy (non-hydrogen) atoms. The third kappa shape index (κ3) is 5.11. The quantitative estimate of drug-likeness (QED) is 0.701. The summed E-state index contributed by atoms with van der Waals surface area (Å²) in [6.45, 7) is 11.4. The van der Waals surface area contributed by atoms with E-state index in [1.54, 1.807) is 0 Å². The zero-order valence-electron chi connectivity index (χ0n) is 13.6. The lowest BCUT2D eigenvalue weighted by Crippen LogP contribution is -2.41. The zero-order chi connectivity index (χ0) is 15.8. The summed E-state index contributed by atoms with van der Waals surface area (Å²) in [5, 5.41) is 0. The second kappa shape index (κ2) is 9.21. The van der Waals surface area contributed by atoms with Gasteiger partial charge in [-0.15, -0.1) is 0 Å². The molecule has 1 atom stereocenters. The van der Waals surface area contributed by atoms with Gasteiger partial charge in [-0.05, 0) is 45.4 Å². The topological polar surface area (TPSA) is 23.6 Å². The Morgan fingerprint density at radius 2 is 1.81 bits per heavy atom. The molecule has 0 fully saturated rings. The summed E-state index contributed by atoms with van der Waals surface area (Å²) in [7, 11) is 0. The lowest BCUT2D eigenvalue weighted by molar-refractivity contribution is -0.132. The molecule has 4 heteroatoms. The number of nitrogens with zero attached hydrogens (tertiary/aromatic N) is 2. The van der Waals surface area contributed by atoms with Gasteiger partial charge in [-0.2, -0.15) is 0 Å². The molecule has 0 aromatic heterocycles. The highest BCUT2D eigenvalue weighted by molar-refractivity contribution is 9.10. The van der Waals surface area contributed by atoms with Crippen LogP contribution in [0.15, 0.2) is 28.7 Å². The molecule has 1 aromatic rings. The Morgan fingerprint density at radius 3 is 2.33 bits per heavy atom. The van der Waals surface area contributed by atoms with E-state index in [0.717, 1.165) is 30.5 Å². The molecule has 118 valence electrons. The molecule has 0 bridgehead atoms. The van der Waals surface area contributed by atoms with E-state index in [-0.39, 0.29) is 11.9 Å². The fraction of sp³-hybridized carbons (Fsp3) is 0.588. The van der Waals surface area contributed by atoms with Crippen molar-refractivity contribution >= 4 is 21.8 Å². The summed E-state index contributed by atoms with van der Waals surface area (Å²) >= 11 is 3.62. The first-order valence-corrected chi connectivity index (χ1v) is 8.60. The van der Waals surface area contributed by atoms with E-state index in [1.165, 1.54) is 5.56 Å². The molecule has 0 aliphatic carbocycles. The van der Waals surface area contributed by atoms with Gasteiger partial charge in [0.2, 0.25) is 5.91 Å². The Kier molecular flexibility index (Phi) is 7.97. The Labute approximate surface area is 137 Å². The van der Waals surface area contributed by atoms with Gasteiger partial charge in [-0.25, -0.2) is 0 Å². The molecule has 0 saturated heterocycles. The minimum atomic E-state index is 0.215. The van der Waals surface area contributed by atoms with Crippen LogP contribution in [0.1, 0.15) is 45.7 Å². The van der Waals surface area contributed by atoms with Gasteiger partial charge < -0.3 is 4.90 Å². The maximum atomic E-state index is 12.4. The number of halogens is 1. The van der Waals surface area contributed by atoms with E-state index in [0.29, 0.717) is 6.54 Å². The van der Waals surface area contributed by atoms with E-state index in [9.17, 15) is 4.79 Å². The summed E-state index contributed by atoms with van der Waals surface area (Å²) in [6, 6.07) is 8.47. The van der Waals surface area contributed by atoms with E-state index in [2.05, 4.69) is 46.8 Å². The second-order valence-corrected chi connectivity index (χ2v) is 6.09. The SMILES string of the molecule is CCCN(CC(=O)N(CC)CC)C(C)c1ccccc1Br. The summed E-state index contributed by atoms with van der Waals surface area (Å²) in [5.74, 6) is 0.215. The van der Waals surface area contributed by atoms with Crippen LogP contribution in [0.25, 0.3) is 0 Å². The molecule has 0 spiro atoms. The van der Waals surface area contributed by atoms with Gasteiger partial charge >= 0.3 is 0 Å². The number of likely N-dealkylation sites (N-methyl/N-ethyl adjacent to an activating group) is 1. The van der Waals surface area contributed by atoms with Crippen molar-refractivity contribution in [2.24, 2.45) is 0 Å². The summed E-state index contributed by atoms with van der Waals surface area (Å²) in [4.78, 5) is 16.5. The first kappa shape index (κ1) is 18.2. The van der Waals surface area contributed by atoms with Crippen molar-refractivity contribution in [3.05, 3.63) is 34.3 Å². The molecule has 1 aromatic carbocycles. The molecule has 0 N–H and O–H groups in total. The van der Waals surface area contributed by atoms with Crippen LogP contribution >= 0.6 is 15.9 Å². The Balaban J connectivity index is 2.86. The third-order valence-corrected chi connectivity index (χ3v) is 4.59. The van der Waals surface area contributed by atoms with Crippen LogP contribution in [0.3, 0.4) is 0 Å².